The van der Waals surface area contributed by atoms with Gasteiger partial charge < -0.3 is 10.6 Å². The minimum absolute atomic E-state index is 0.238. The van der Waals surface area contributed by atoms with Crippen molar-refractivity contribution in [2.24, 2.45) is 5.92 Å². The molecular formula is C13H17F3N2O. The zero-order valence-electron chi connectivity index (χ0n) is 10.9. The first kappa shape index (κ1) is 15.3. The van der Waals surface area contributed by atoms with Gasteiger partial charge in [-0.05, 0) is 12.3 Å². The van der Waals surface area contributed by atoms with Gasteiger partial charge in [-0.2, -0.15) is 0 Å². The first-order chi connectivity index (χ1) is 8.90. The second kappa shape index (κ2) is 7.01. The quantitative estimate of drug-likeness (QED) is 0.783. The Hall–Kier alpha value is -1.72. The van der Waals surface area contributed by atoms with Gasteiger partial charge in [0.05, 0.1) is 12.2 Å². The Morgan fingerprint density at radius 3 is 2.58 bits per heavy atom. The van der Waals surface area contributed by atoms with Gasteiger partial charge in [-0.25, -0.2) is 13.2 Å². The highest BCUT2D eigenvalue weighted by atomic mass is 19.2. The molecule has 0 unspecified atom stereocenters. The number of hydrogen-bond acceptors (Lipinski definition) is 2. The molecule has 0 aromatic heterocycles. The Balaban J connectivity index is 2.46. The van der Waals surface area contributed by atoms with Gasteiger partial charge in [-0.1, -0.05) is 13.8 Å². The summed E-state index contributed by atoms with van der Waals surface area (Å²) in [6.45, 7) is 4.32. The molecule has 0 bridgehead atoms. The molecule has 0 heterocycles. The molecule has 0 aliphatic carbocycles. The summed E-state index contributed by atoms with van der Waals surface area (Å²) in [4.78, 5) is 11.4. The number of rotatable bonds is 6. The summed E-state index contributed by atoms with van der Waals surface area (Å²) in [5.74, 6) is -3.28. The van der Waals surface area contributed by atoms with Crippen molar-refractivity contribution >= 4 is 11.6 Å². The van der Waals surface area contributed by atoms with Gasteiger partial charge in [-0.15, -0.1) is 0 Å². The minimum Gasteiger partial charge on any atom is -0.374 e. The molecule has 0 aliphatic heterocycles. The van der Waals surface area contributed by atoms with Gasteiger partial charge >= 0.3 is 0 Å². The normalized spacial score (nSPS) is 10.6. The lowest BCUT2D eigenvalue weighted by Crippen LogP contribution is -2.31. The summed E-state index contributed by atoms with van der Waals surface area (Å²) in [6.07, 6.45) is 0.828. The van der Waals surface area contributed by atoms with Crippen LogP contribution in [0.2, 0.25) is 0 Å². The number of carbonyl (C=O) groups excluding carboxylic acids is 1. The lowest BCUT2D eigenvalue weighted by atomic mass is 10.1. The number of amides is 1. The highest BCUT2D eigenvalue weighted by molar-refractivity contribution is 5.80. The fourth-order valence-corrected chi connectivity index (χ4v) is 1.42. The van der Waals surface area contributed by atoms with Crippen molar-refractivity contribution in [2.45, 2.75) is 20.3 Å². The number of hydrogen-bond donors (Lipinski definition) is 2. The van der Waals surface area contributed by atoms with Crippen LogP contribution in [0.1, 0.15) is 20.3 Å². The zero-order chi connectivity index (χ0) is 14.4. The summed E-state index contributed by atoms with van der Waals surface area (Å²) in [6, 6.07) is 1.25. The minimum atomic E-state index is -1.29. The summed E-state index contributed by atoms with van der Waals surface area (Å²) in [5, 5.41) is 4.99. The first-order valence-electron chi connectivity index (χ1n) is 6.05. The number of nitrogens with one attached hydrogen (secondary N) is 2. The molecule has 1 rings (SSSR count). The fourth-order valence-electron chi connectivity index (χ4n) is 1.42. The van der Waals surface area contributed by atoms with Crippen LogP contribution in [0, 0.1) is 23.4 Å². The van der Waals surface area contributed by atoms with Gasteiger partial charge in [0.1, 0.15) is 5.82 Å². The van der Waals surface area contributed by atoms with Crippen LogP contribution in [-0.2, 0) is 4.79 Å². The maximum absolute atomic E-state index is 13.3. The van der Waals surface area contributed by atoms with E-state index in [2.05, 4.69) is 10.6 Å². The van der Waals surface area contributed by atoms with E-state index in [0.29, 0.717) is 18.5 Å². The second-order valence-corrected chi connectivity index (χ2v) is 4.64. The largest absolute Gasteiger partial charge is 0.374 e. The lowest BCUT2D eigenvalue weighted by molar-refractivity contribution is -0.119. The smallest absolute Gasteiger partial charge is 0.239 e. The number of halogens is 3. The standard InChI is InChI=1S/C13H17F3N2O/c1-8(2)3-4-17-12(19)7-18-11-6-9(14)5-10(15)13(11)16/h5-6,8,18H,3-4,7H2,1-2H3,(H,17,19). The van der Waals surface area contributed by atoms with Crippen LogP contribution in [0.3, 0.4) is 0 Å². The van der Waals surface area contributed by atoms with Gasteiger partial charge in [0, 0.05) is 18.7 Å². The van der Waals surface area contributed by atoms with E-state index < -0.39 is 17.5 Å². The maximum Gasteiger partial charge on any atom is 0.239 e. The van der Waals surface area contributed by atoms with E-state index in [1.165, 1.54) is 0 Å². The average molecular weight is 274 g/mol. The van der Waals surface area contributed by atoms with Crippen LogP contribution >= 0.6 is 0 Å². The molecule has 0 fully saturated rings. The second-order valence-electron chi connectivity index (χ2n) is 4.64. The van der Waals surface area contributed by atoms with Crippen LogP contribution in [-0.4, -0.2) is 19.0 Å². The number of benzene rings is 1. The average Bonchev–Trinajstić information content (AvgIpc) is 2.31. The molecule has 1 aromatic carbocycles. The zero-order valence-corrected chi connectivity index (χ0v) is 10.9. The van der Waals surface area contributed by atoms with E-state index in [0.717, 1.165) is 12.5 Å². The van der Waals surface area contributed by atoms with Crippen molar-refractivity contribution < 1.29 is 18.0 Å². The fraction of sp³-hybridized carbons (Fsp3) is 0.462. The van der Waals surface area contributed by atoms with Crippen LogP contribution in [0.15, 0.2) is 12.1 Å². The molecule has 106 valence electrons. The number of anilines is 1. The third kappa shape index (κ3) is 5.19. The Morgan fingerprint density at radius 2 is 1.95 bits per heavy atom. The van der Waals surface area contributed by atoms with E-state index in [-0.39, 0.29) is 18.1 Å². The molecule has 1 aromatic rings. The van der Waals surface area contributed by atoms with E-state index in [1.54, 1.807) is 0 Å². The highest BCUT2D eigenvalue weighted by Gasteiger charge is 2.11. The van der Waals surface area contributed by atoms with E-state index in [9.17, 15) is 18.0 Å². The Bertz CT molecular complexity index is 450. The molecule has 0 saturated carbocycles. The van der Waals surface area contributed by atoms with Crippen molar-refractivity contribution in [3.63, 3.8) is 0 Å². The molecule has 6 heteroatoms. The predicted molar refractivity (Wildman–Crippen MR) is 67.3 cm³/mol. The molecule has 3 nitrogen and oxygen atoms in total. The van der Waals surface area contributed by atoms with Crippen molar-refractivity contribution in [3.05, 3.63) is 29.6 Å². The number of carbonyl (C=O) groups is 1. The Kier molecular flexibility index (Phi) is 5.66. The Labute approximate surface area is 110 Å². The summed E-state index contributed by atoms with van der Waals surface area (Å²) in [7, 11) is 0. The molecule has 1 amide bonds. The topological polar surface area (TPSA) is 41.1 Å². The van der Waals surface area contributed by atoms with E-state index in [1.807, 2.05) is 13.8 Å². The third-order valence-corrected chi connectivity index (χ3v) is 2.48. The van der Waals surface area contributed by atoms with Gasteiger partial charge in [0.15, 0.2) is 11.6 Å². The van der Waals surface area contributed by atoms with E-state index >= 15 is 0 Å². The molecule has 0 aliphatic rings. The van der Waals surface area contributed by atoms with Crippen molar-refractivity contribution in [3.8, 4) is 0 Å². The molecule has 19 heavy (non-hydrogen) atoms. The van der Waals surface area contributed by atoms with Gasteiger partial charge in [0.2, 0.25) is 5.91 Å². The molecule has 0 saturated heterocycles. The monoisotopic (exact) mass is 274 g/mol. The van der Waals surface area contributed by atoms with Crippen LogP contribution in [0.25, 0.3) is 0 Å². The van der Waals surface area contributed by atoms with Gasteiger partial charge in [0.25, 0.3) is 0 Å². The van der Waals surface area contributed by atoms with Crippen LogP contribution in [0.4, 0.5) is 18.9 Å². The first-order valence-corrected chi connectivity index (χ1v) is 6.05. The summed E-state index contributed by atoms with van der Waals surface area (Å²) < 4.78 is 39.0. The molecule has 0 spiro atoms. The Morgan fingerprint density at radius 1 is 1.26 bits per heavy atom. The highest BCUT2D eigenvalue weighted by Crippen LogP contribution is 2.18. The predicted octanol–water partition coefficient (Wildman–Crippen LogP) is 2.68. The molecular weight excluding hydrogens is 257 g/mol. The van der Waals surface area contributed by atoms with Crippen LogP contribution < -0.4 is 10.6 Å². The summed E-state index contributed by atoms with van der Waals surface area (Å²) >= 11 is 0. The SMILES string of the molecule is CC(C)CCNC(=O)CNc1cc(F)cc(F)c1F. The lowest BCUT2D eigenvalue weighted by Gasteiger charge is -2.10. The third-order valence-electron chi connectivity index (χ3n) is 2.48. The van der Waals surface area contributed by atoms with Gasteiger partial charge in [-0.3, -0.25) is 4.79 Å². The summed E-state index contributed by atoms with van der Waals surface area (Å²) in [5.41, 5.74) is -0.364. The molecule has 0 radical (unpaired) electrons. The van der Waals surface area contributed by atoms with E-state index in [4.69, 9.17) is 0 Å². The molecule has 2 N–H and O–H groups in total. The maximum atomic E-state index is 13.3. The molecule has 0 atom stereocenters. The van der Waals surface area contributed by atoms with Crippen LogP contribution in [0.5, 0.6) is 0 Å². The van der Waals surface area contributed by atoms with Crippen molar-refractivity contribution in [1.82, 2.24) is 5.32 Å². The van der Waals surface area contributed by atoms with Crippen molar-refractivity contribution in [2.75, 3.05) is 18.4 Å². The van der Waals surface area contributed by atoms with Crippen molar-refractivity contribution in [1.29, 1.82) is 0 Å².